The van der Waals surface area contributed by atoms with Gasteiger partial charge in [0.25, 0.3) is 0 Å². The number of hydrogen-bond acceptors (Lipinski definition) is 4. The van der Waals surface area contributed by atoms with Gasteiger partial charge >= 0.3 is 5.97 Å². The Morgan fingerprint density at radius 1 is 1.14 bits per heavy atom. The van der Waals surface area contributed by atoms with Crippen LogP contribution in [0.2, 0.25) is 14.4 Å². The summed E-state index contributed by atoms with van der Waals surface area (Å²) < 4.78 is 25.2. The van der Waals surface area contributed by atoms with Crippen LogP contribution in [0.5, 0.6) is 0 Å². The summed E-state index contributed by atoms with van der Waals surface area (Å²) in [5.41, 5.74) is -0.427. The quantitative estimate of drug-likeness (QED) is 0.847. The largest absolute Gasteiger partial charge is 0.478 e. The Kier molecular flexibility index (Phi) is 4.85. The highest BCUT2D eigenvalue weighted by Crippen LogP contribution is 2.33. The number of rotatable bonds is 4. The van der Waals surface area contributed by atoms with Crippen LogP contribution < -0.4 is 0 Å². The Balaban J connectivity index is 2.50. The molecule has 0 bridgehead atoms. The normalized spacial score (nSPS) is 11.6. The van der Waals surface area contributed by atoms with Crippen molar-refractivity contribution in [2.45, 2.75) is 10.6 Å². The lowest BCUT2D eigenvalue weighted by molar-refractivity contribution is 0.0697. The van der Waals surface area contributed by atoms with Crippen molar-refractivity contribution in [1.82, 2.24) is 0 Å². The molecule has 0 aliphatic rings. The van der Waals surface area contributed by atoms with Gasteiger partial charge in [-0.25, -0.2) is 13.2 Å². The molecule has 21 heavy (non-hydrogen) atoms. The third-order valence-electron chi connectivity index (χ3n) is 2.57. The zero-order valence-electron chi connectivity index (χ0n) is 10.1. The number of carboxylic acid groups (broad SMARTS) is 1. The molecule has 1 heterocycles. The summed E-state index contributed by atoms with van der Waals surface area (Å²) in [6.07, 6.45) is 0. The molecule has 0 aliphatic heterocycles. The predicted molar refractivity (Wildman–Crippen MR) is 83.6 cm³/mol. The molecule has 0 fully saturated rings. The van der Waals surface area contributed by atoms with Crippen LogP contribution in [0.25, 0.3) is 0 Å². The molecule has 0 atom stereocenters. The van der Waals surface area contributed by atoms with Crippen LogP contribution in [0.15, 0.2) is 29.2 Å². The minimum atomic E-state index is -3.81. The molecule has 2 rings (SSSR count). The van der Waals surface area contributed by atoms with Gasteiger partial charge in [-0.05, 0) is 24.3 Å². The van der Waals surface area contributed by atoms with Crippen LogP contribution >= 0.6 is 46.1 Å². The fraction of sp³-hybridized carbons (Fsp3) is 0.0833. The highest BCUT2D eigenvalue weighted by atomic mass is 35.5. The zero-order chi connectivity index (χ0) is 15.8. The summed E-state index contributed by atoms with van der Waals surface area (Å²) in [5, 5.41) is 8.54. The van der Waals surface area contributed by atoms with Gasteiger partial charge in [0.1, 0.15) is 0 Å². The number of sulfone groups is 1. The molecular weight excluding hydrogens is 379 g/mol. The number of hydrogen-bond donors (Lipinski definition) is 1. The van der Waals surface area contributed by atoms with Crippen molar-refractivity contribution in [3.8, 4) is 0 Å². The Labute approximate surface area is 139 Å². The molecule has 1 aromatic heterocycles. The fourth-order valence-electron chi connectivity index (χ4n) is 1.66. The number of thiophene rings is 1. The molecule has 0 spiro atoms. The number of carboxylic acids is 1. The fourth-order valence-corrected chi connectivity index (χ4v) is 5.41. The molecule has 4 nitrogen and oxygen atoms in total. The molecule has 1 aromatic carbocycles. The third kappa shape index (κ3) is 3.52. The van der Waals surface area contributed by atoms with Crippen LogP contribution in [-0.2, 0) is 15.6 Å². The molecule has 0 saturated heterocycles. The molecule has 0 amide bonds. The monoisotopic (exact) mass is 384 g/mol. The topological polar surface area (TPSA) is 71.4 Å². The van der Waals surface area contributed by atoms with E-state index in [2.05, 4.69) is 0 Å². The minimum Gasteiger partial charge on any atom is -0.478 e. The summed E-state index contributed by atoms with van der Waals surface area (Å²) in [7, 11) is -3.81. The Morgan fingerprint density at radius 2 is 1.81 bits per heavy atom. The molecule has 0 saturated carbocycles. The third-order valence-corrected chi connectivity index (χ3v) is 6.50. The highest BCUT2D eigenvalue weighted by molar-refractivity contribution is 7.91. The standard InChI is InChI=1S/C12H7Cl3O4S2/c13-7-2-3-8(11(15)10(7)12(16)17)21(18,19)5-6-1-4-9(14)20-6/h1-4H,5H2,(H,16,17). The first-order valence-electron chi connectivity index (χ1n) is 5.40. The summed E-state index contributed by atoms with van der Waals surface area (Å²) in [5.74, 6) is -1.70. The second kappa shape index (κ2) is 6.14. The second-order valence-corrected chi connectivity index (χ2v) is 8.55. The van der Waals surface area contributed by atoms with E-state index >= 15 is 0 Å². The summed E-state index contributed by atoms with van der Waals surface area (Å²) in [6, 6.07) is 5.57. The molecule has 1 N–H and O–H groups in total. The number of carbonyl (C=O) groups is 1. The minimum absolute atomic E-state index is 0.120. The predicted octanol–water partition coefficient (Wildman–Crippen LogP) is 4.38. The molecule has 0 aliphatic carbocycles. The van der Waals surface area contributed by atoms with Gasteiger partial charge in [0.15, 0.2) is 9.84 Å². The lowest BCUT2D eigenvalue weighted by Gasteiger charge is -2.09. The van der Waals surface area contributed by atoms with Crippen LogP contribution in [0.1, 0.15) is 15.2 Å². The molecule has 2 aromatic rings. The van der Waals surface area contributed by atoms with Crippen molar-refractivity contribution in [3.05, 3.63) is 49.1 Å². The van der Waals surface area contributed by atoms with Crippen molar-refractivity contribution in [3.63, 3.8) is 0 Å². The van der Waals surface area contributed by atoms with E-state index in [1.807, 2.05) is 0 Å². The van der Waals surface area contributed by atoms with Gasteiger partial charge < -0.3 is 5.11 Å². The van der Waals surface area contributed by atoms with E-state index in [0.29, 0.717) is 9.21 Å². The van der Waals surface area contributed by atoms with Crippen LogP contribution in [0, 0.1) is 0 Å². The van der Waals surface area contributed by atoms with Crippen molar-refractivity contribution >= 4 is 61.9 Å². The van der Waals surface area contributed by atoms with E-state index < -0.39 is 26.4 Å². The van der Waals surface area contributed by atoms with E-state index in [-0.39, 0.29) is 15.7 Å². The second-order valence-electron chi connectivity index (χ2n) is 4.00. The summed E-state index contributed by atoms with van der Waals surface area (Å²) in [6.45, 7) is 0. The maximum absolute atomic E-state index is 12.4. The maximum atomic E-state index is 12.4. The average Bonchev–Trinajstić information content (AvgIpc) is 2.72. The number of halogens is 3. The van der Waals surface area contributed by atoms with Gasteiger partial charge in [-0.2, -0.15) is 0 Å². The number of aromatic carboxylic acids is 1. The average molecular weight is 386 g/mol. The Hall–Kier alpha value is -0.790. The first-order valence-corrected chi connectivity index (χ1v) is 9.01. The van der Waals surface area contributed by atoms with Crippen molar-refractivity contribution in [1.29, 1.82) is 0 Å². The summed E-state index contributed by atoms with van der Waals surface area (Å²) >= 11 is 18.5. The van der Waals surface area contributed by atoms with Crippen LogP contribution in [-0.4, -0.2) is 19.5 Å². The first kappa shape index (κ1) is 16.6. The van der Waals surface area contributed by atoms with Crippen molar-refractivity contribution in [2.24, 2.45) is 0 Å². The first-order chi connectivity index (χ1) is 9.72. The van der Waals surface area contributed by atoms with Gasteiger partial charge in [-0.1, -0.05) is 34.8 Å². The van der Waals surface area contributed by atoms with E-state index in [9.17, 15) is 13.2 Å². The molecule has 9 heteroatoms. The molecule has 0 radical (unpaired) electrons. The van der Waals surface area contributed by atoms with Gasteiger partial charge in [0.05, 0.1) is 30.6 Å². The lowest BCUT2D eigenvalue weighted by Crippen LogP contribution is -2.08. The van der Waals surface area contributed by atoms with E-state index in [1.54, 1.807) is 12.1 Å². The van der Waals surface area contributed by atoms with E-state index in [0.717, 1.165) is 11.3 Å². The molecular formula is C12H7Cl3O4S2. The van der Waals surface area contributed by atoms with Crippen molar-refractivity contribution < 1.29 is 18.3 Å². The van der Waals surface area contributed by atoms with Gasteiger partial charge in [0.2, 0.25) is 0 Å². The summed E-state index contributed by atoms with van der Waals surface area (Å²) in [4.78, 5) is 11.4. The molecule has 0 unspecified atom stereocenters. The Bertz CT molecular complexity index is 812. The smallest absolute Gasteiger partial charge is 0.338 e. The lowest BCUT2D eigenvalue weighted by atomic mass is 10.2. The van der Waals surface area contributed by atoms with Gasteiger partial charge in [-0.15, -0.1) is 11.3 Å². The van der Waals surface area contributed by atoms with Gasteiger partial charge in [-0.3, -0.25) is 0 Å². The zero-order valence-corrected chi connectivity index (χ0v) is 14.0. The Morgan fingerprint density at radius 3 is 2.33 bits per heavy atom. The van der Waals surface area contributed by atoms with Gasteiger partial charge in [0, 0.05) is 4.88 Å². The molecule has 112 valence electrons. The van der Waals surface area contributed by atoms with E-state index in [1.165, 1.54) is 12.1 Å². The maximum Gasteiger partial charge on any atom is 0.338 e. The van der Waals surface area contributed by atoms with Crippen molar-refractivity contribution in [2.75, 3.05) is 0 Å². The van der Waals surface area contributed by atoms with Crippen LogP contribution in [0.3, 0.4) is 0 Å². The van der Waals surface area contributed by atoms with E-state index in [4.69, 9.17) is 39.9 Å². The number of benzene rings is 1. The van der Waals surface area contributed by atoms with Crippen LogP contribution in [0.4, 0.5) is 0 Å². The highest BCUT2D eigenvalue weighted by Gasteiger charge is 2.25. The SMILES string of the molecule is O=C(O)c1c(Cl)ccc(S(=O)(=O)Cc2ccc(Cl)s2)c1Cl.